The van der Waals surface area contributed by atoms with E-state index in [0.29, 0.717) is 20.6 Å². The third-order valence-electron chi connectivity index (χ3n) is 3.44. The summed E-state index contributed by atoms with van der Waals surface area (Å²) in [6, 6.07) is 11.8. The molecule has 1 atom stereocenters. The van der Waals surface area contributed by atoms with Crippen molar-refractivity contribution >= 4 is 46.7 Å². The van der Waals surface area contributed by atoms with Gasteiger partial charge < -0.3 is 10.1 Å². The van der Waals surface area contributed by atoms with E-state index in [0.717, 1.165) is 5.56 Å². The topological polar surface area (TPSA) is 55.4 Å². The van der Waals surface area contributed by atoms with Crippen molar-refractivity contribution in [3.8, 4) is 0 Å². The highest BCUT2D eigenvalue weighted by Crippen LogP contribution is 2.23. The average Bonchev–Trinajstić information content (AvgIpc) is 2.57. The number of ether oxygens (including phenoxy) is 1. The Balaban J connectivity index is 1.79. The number of esters is 1. The first-order valence-corrected chi connectivity index (χ1v) is 8.63. The average molecular weight is 401 g/mol. The van der Waals surface area contributed by atoms with E-state index in [1.807, 2.05) is 19.1 Å². The van der Waals surface area contributed by atoms with E-state index in [1.165, 1.54) is 0 Å². The van der Waals surface area contributed by atoms with Gasteiger partial charge in [-0.2, -0.15) is 0 Å². The molecule has 2 rings (SSSR count). The van der Waals surface area contributed by atoms with Crippen LogP contribution in [-0.4, -0.2) is 18.5 Å². The predicted molar refractivity (Wildman–Crippen MR) is 99.1 cm³/mol. The normalized spacial score (nSPS) is 11.7. The van der Waals surface area contributed by atoms with Gasteiger partial charge in [-0.15, -0.1) is 0 Å². The molecule has 4 nitrogen and oxygen atoms in total. The summed E-state index contributed by atoms with van der Waals surface area (Å²) in [7, 11) is 0. The Bertz CT molecular complexity index is 763. The number of rotatable bonds is 6. The zero-order valence-corrected chi connectivity index (χ0v) is 15.7. The highest BCUT2D eigenvalue weighted by molar-refractivity contribution is 6.42. The molecule has 25 heavy (non-hydrogen) atoms. The van der Waals surface area contributed by atoms with Crippen molar-refractivity contribution in [2.24, 2.45) is 0 Å². The summed E-state index contributed by atoms with van der Waals surface area (Å²) in [5.74, 6) is -0.905. The summed E-state index contributed by atoms with van der Waals surface area (Å²) in [6.45, 7) is 1.48. The highest BCUT2D eigenvalue weighted by atomic mass is 35.5. The van der Waals surface area contributed by atoms with Crippen LogP contribution in [0, 0.1) is 0 Å². The molecule has 0 saturated heterocycles. The van der Waals surface area contributed by atoms with Gasteiger partial charge in [0.05, 0.1) is 22.5 Å². The van der Waals surface area contributed by atoms with Gasteiger partial charge in [0.2, 0.25) is 0 Å². The maximum Gasteiger partial charge on any atom is 0.310 e. The Hall–Kier alpha value is -1.75. The largest absolute Gasteiger partial charge is 0.455 e. The van der Waals surface area contributed by atoms with E-state index < -0.39 is 5.97 Å². The first kappa shape index (κ1) is 19.6. The van der Waals surface area contributed by atoms with E-state index in [2.05, 4.69) is 5.32 Å². The van der Waals surface area contributed by atoms with Crippen molar-refractivity contribution in [3.05, 3.63) is 68.7 Å². The van der Waals surface area contributed by atoms with E-state index >= 15 is 0 Å². The lowest BCUT2D eigenvalue weighted by Gasteiger charge is -2.14. The van der Waals surface area contributed by atoms with Gasteiger partial charge in [-0.3, -0.25) is 9.59 Å². The van der Waals surface area contributed by atoms with Crippen LogP contribution in [0.5, 0.6) is 0 Å². The molecule has 0 saturated carbocycles. The fourth-order valence-corrected chi connectivity index (χ4v) is 2.58. The van der Waals surface area contributed by atoms with Crippen LogP contribution in [0.4, 0.5) is 0 Å². The summed E-state index contributed by atoms with van der Waals surface area (Å²) in [5, 5.41) is 4.15. The van der Waals surface area contributed by atoms with Crippen LogP contribution in [0.2, 0.25) is 15.1 Å². The molecule has 2 aromatic rings. The van der Waals surface area contributed by atoms with Crippen LogP contribution in [-0.2, 0) is 20.7 Å². The molecule has 0 bridgehead atoms. The van der Waals surface area contributed by atoms with Crippen molar-refractivity contribution in [1.82, 2.24) is 5.32 Å². The Labute approximate surface area is 161 Å². The molecular formula is C18H16Cl3NO3. The molecule has 0 heterocycles. The van der Waals surface area contributed by atoms with Crippen LogP contribution in [0.3, 0.4) is 0 Å². The van der Waals surface area contributed by atoms with Gasteiger partial charge >= 0.3 is 5.97 Å². The Morgan fingerprint density at radius 1 is 1.04 bits per heavy atom. The molecule has 0 aromatic heterocycles. The molecule has 0 aliphatic heterocycles. The second-order valence-corrected chi connectivity index (χ2v) is 6.68. The van der Waals surface area contributed by atoms with Crippen molar-refractivity contribution < 1.29 is 14.3 Å². The van der Waals surface area contributed by atoms with Gasteiger partial charge in [0, 0.05) is 5.02 Å². The quantitative estimate of drug-likeness (QED) is 0.720. The van der Waals surface area contributed by atoms with E-state index in [-0.39, 0.29) is 25.0 Å². The number of benzene rings is 2. The standard InChI is InChI=1S/C18H16Cl3NO3/c1-11(13-3-5-14(19)6-4-13)22-17(23)10-25-18(24)9-12-2-7-15(20)16(21)8-12/h2-8,11H,9-10H2,1H3,(H,22,23)/t11-/m1/s1. The van der Waals surface area contributed by atoms with Gasteiger partial charge in [-0.25, -0.2) is 0 Å². The molecule has 7 heteroatoms. The molecule has 0 spiro atoms. The van der Waals surface area contributed by atoms with Crippen LogP contribution in [0.1, 0.15) is 24.1 Å². The van der Waals surface area contributed by atoms with Gasteiger partial charge in [-0.1, -0.05) is 53.0 Å². The molecule has 0 fully saturated rings. The Morgan fingerprint density at radius 2 is 1.72 bits per heavy atom. The lowest BCUT2D eigenvalue weighted by Crippen LogP contribution is -2.31. The molecule has 0 aliphatic rings. The Morgan fingerprint density at radius 3 is 2.36 bits per heavy atom. The SMILES string of the molecule is C[C@@H](NC(=O)COC(=O)Cc1ccc(Cl)c(Cl)c1)c1ccc(Cl)cc1. The van der Waals surface area contributed by atoms with Crippen molar-refractivity contribution in [3.63, 3.8) is 0 Å². The minimum absolute atomic E-state index is 0.0108. The van der Waals surface area contributed by atoms with E-state index in [4.69, 9.17) is 39.5 Å². The zero-order valence-electron chi connectivity index (χ0n) is 13.4. The lowest BCUT2D eigenvalue weighted by atomic mass is 10.1. The maximum absolute atomic E-state index is 11.9. The first-order chi connectivity index (χ1) is 11.8. The van der Waals surface area contributed by atoms with E-state index in [9.17, 15) is 9.59 Å². The summed E-state index contributed by atoms with van der Waals surface area (Å²) in [6.07, 6.45) is 0.0108. The number of carbonyl (C=O) groups excluding carboxylic acids is 2. The molecule has 2 aromatic carbocycles. The van der Waals surface area contributed by atoms with Crippen LogP contribution < -0.4 is 5.32 Å². The van der Waals surface area contributed by atoms with Crippen LogP contribution in [0.15, 0.2) is 42.5 Å². The molecular weight excluding hydrogens is 385 g/mol. The molecule has 1 amide bonds. The summed E-state index contributed by atoms with van der Waals surface area (Å²) in [5.41, 5.74) is 1.56. The third-order valence-corrected chi connectivity index (χ3v) is 4.44. The smallest absolute Gasteiger partial charge is 0.310 e. The second kappa shape index (κ2) is 9.09. The molecule has 132 valence electrons. The fraction of sp³-hybridized carbons (Fsp3) is 0.222. The summed E-state index contributed by atoms with van der Waals surface area (Å²) < 4.78 is 4.99. The molecule has 1 N–H and O–H groups in total. The third kappa shape index (κ3) is 6.24. The molecule has 0 unspecified atom stereocenters. The number of amides is 1. The van der Waals surface area contributed by atoms with E-state index in [1.54, 1.807) is 30.3 Å². The molecule has 0 aliphatic carbocycles. The highest BCUT2D eigenvalue weighted by Gasteiger charge is 2.13. The summed E-state index contributed by atoms with van der Waals surface area (Å²) in [4.78, 5) is 23.7. The first-order valence-electron chi connectivity index (χ1n) is 7.49. The second-order valence-electron chi connectivity index (χ2n) is 5.43. The minimum atomic E-state index is -0.521. The fourth-order valence-electron chi connectivity index (χ4n) is 2.13. The lowest BCUT2D eigenvalue weighted by molar-refractivity contribution is -0.148. The number of carbonyl (C=O) groups is 2. The Kier molecular flexibility index (Phi) is 7.12. The zero-order chi connectivity index (χ0) is 18.4. The number of hydrogen-bond donors (Lipinski definition) is 1. The number of hydrogen-bond acceptors (Lipinski definition) is 3. The predicted octanol–water partition coefficient (Wildman–Crippen LogP) is 4.61. The van der Waals surface area contributed by atoms with Gasteiger partial charge in [-0.05, 0) is 42.3 Å². The van der Waals surface area contributed by atoms with Crippen LogP contribution in [0.25, 0.3) is 0 Å². The van der Waals surface area contributed by atoms with Crippen molar-refractivity contribution in [2.75, 3.05) is 6.61 Å². The van der Waals surface area contributed by atoms with Gasteiger partial charge in [0.15, 0.2) is 6.61 Å². The minimum Gasteiger partial charge on any atom is -0.455 e. The molecule has 0 radical (unpaired) electrons. The van der Waals surface area contributed by atoms with Crippen LogP contribution >= 0.6 is 34.8 Å². The van der Waals surface area contributed by atoms with Crippen molar-refractivity contribution in [2.45, 2.75) is 19.4 Å². The van der Waals surface area contributed by atoms with Gasteiger partial charge in [0.1, 0.15) is 0 Å². The monoisotopic (exact) mass is 399 g/mol. The van der Waals surface area contributed by atoms with Crippen molar-refractivity contribution in [1.29, 1.82) is 0 Å². The van der Waals surface area contributed by atoms with Gasteiger partial charge in [0.25, 0.3) is 5.91 Å². The number of halogens is 3. The summed E-state index contributed by atoms with van der Waals surface area (Å²) >= 11 is 17.5. The maximum atomic E-state index is 11.9. The number of nitrogens with one attached hydrogen (secondary N) is 1.